The molecule has 1 aliphatic heterocycles. The molecule has 6 nitrogen and oxygen atoms in total. The molecule has 1 amide bonds. The summed E-state index contributed by atoms with van der Waals surface area (Å²) in [7, 11) is 1.76. The Morgan fingerprint density at radius 2 is 2.25 bits per heavy atom. The summed E-state index contributed by atoms with van der Waals surface area (Å²) in [6.07, 6.45) is 1.79. The lowest BCUT2D eigenvalue weighted by molar-refractivity contribution is -0.120. The minimum Gasteiger partial charge on any atom is -0.379 e. The lowest BCUT2D eigenvalue weighted by atomic mass is 10.1. The fourth-order valence-corrected chi connectivity index (χ4v) is 2.32. The Kier molecular flexibility index (Phi) is 5.91. The van der Waals surface area contributed by atoms with Crippen LogP contribution in [0.15, 0.2) is 24.4 Å². The van der Waals surface area contributed by atoms with Crippen molar-refractivity contribution in [1.29, 1.82) is 0 Å². The van der Waals surface area contributed by atoms with Gasteiger partial charge in [-0.3, -0.25) is 14.7 Å². The average molecular weight is 278 g/mol. The molecule has 20 heavy (non-hydrogen) atoms. The minimum absolute atomic E-state index is 0.00157. The summed E-state index contributed by atoms with van der Waals surface area (Å²) in [6, 6.07) is 5.98. The summed E-state index contributed by atoms with van der Waals surface area (Å²) in [5.74, 6) is 0.00157. The molecule has 0 aliphatic carbocycles. The number of hydrogen-bond acceptors (Lipinski definition) is 5. The van der Waals surface area contributed by atoms with E-state index in [0.29, 0.717) is 13.1 Å². The summed E-state index contributed by atoms with van der Waals surface area (Å²) in [5.41, 5.74) is 0.985. The number of morpholine rings is 1. The van der Waals surface area contributed by atoms with Crippen molar-refractivity contribution in [3.05, 3.63) is 30.1 Å². The van der Waals surface area contributed by atoms with Crippen molar-refractivity contribution in [3.63, 3.8) is 0 Å². The van der Waals surface area contributed by atoms with E-state index in [4.69, 9.17) is 4.74 Å². The Morgan fingerprint density at radius 3 is 2.90 bits per heavy atom. The highest BCUT2D eigenvalue weighted by Crippen LogP contribution is 2.18. The maximum Gasteiger partial charge on any atom is 0.234 e. The summed E-state index contributed by atoms with van der Waals surface area (Å²) < 4.78 is 5.39. The molecule has 1 aromatic heterocycles. The third kappa shape index (κ3) is 4.26. The van der Waals surface area contributed by atoms with E-state index in [1.54, 1.807) is 13.2 Å². The quantitative estimate of drug-likeness (QED) is 0.754. The monoisotopic (exact) mass is 278 g/mol. The van der Waals surface area contributed by atoms with Gasteiger partial charge in [0.15, 0.2) is 0 Å². The Bertz CT molecular complexity index is 407. The van der Waals surface area contributed by atoms with Crippen LogP contribution in [-0.2, 0) is 9.53 Å². The second kappa shape index (κ2) is 7.94. The topological polar surface area (TPSA) is 66.5 Å². The molecule has 1 atom stereocenters. The number of likely N-dealkylation sites (N-methyl/N-ethyl adjacent to an activating group) is 1. The Hall–Kier alpha value is -1.50. The zero-order valence-electron chi connectivity index (χ0n) is 11.8. The van der Waals surface area contributed by atoms with Crippen LogP contribution in [0, 0.1) is 0 Å². The van der Waals surface area contributed by atoms with Gasteiger partial charge < -0.3 is 15.4 Å². The van der Waals surface area contributed by atoms with Gasteiger partial charge in [-0.25, -0.2) is 0 Å². The number of rotatable bonds is 6. The Labute approximate surface area is 119 Å². The van der Waals surface area contributed by atoms with Gasteiger partial charge in [0.1, 0.15) is 0 Å². The van der Waals surface area contributed by atoms with Crippen LogP contribution in [0.5, 0.6) is 0 Å². The van der Waals surface area contributed by atoms with Gasteiger partial charge in [0.2, 0.25) is 5.91 Å². The predicted octanol–water partition coefficient (Wildman–Crippen LogP) is -0.210. The van der Waals surface area contributed by atoms with Gasteiger partial charge in [-0.15, -0.1) is 0 Å². The first-order valence-corrected chi connectivity index (χ1v) is 6.95. The van der Waals surface area contributed by atoms with E-state index in [0.717, 1.165) is 32.0 Å². The molecule has 1 aliphatic rings. The summed E-state index contributed by atoms with van der Waals surface area (Å²) in [5, 5.41) is 5.80. The highest BCUT2D eigenvalue weighted by molar-refractivity contribution is 5.77. The smallest absolute Gasteiger partial charge is 0.234 e. The summed E-state index contributed by atoms with van der Waals surface area (Å²) in [4.78, 5) is 18.4. The highest BCUT2D eigenvalue weighted by atomic mass is 16.5. The number of carbonyl (C=O) groups excluding carboxylic acids is 1. The molecule has 6 heteroatoms. The highest BCUT2D eigenvalue weighted by Gasteiger charge is 2.23. The van der Waals surface area contributed by atoms with Gasteiger partial charge in [0.25, 0.3) is 0 Å². The molecular weight excluding hydrogens is 256 g/mol. The average Bonchev–Trinajstić information content (AvgIpc) is 2.50. The van der Waals surface area contributed by atoms with Crippen molar-refractivity contribution in [3.8, 4) is 0 Å². The number of carbonyl (C=O) groups is 1. The minimum atomic E-state index is 0.00157. The van der Waals surface area contributed by atoms with E-state index in [9.17, 15) is 4.79 Å². The third-order valence-electron chi connectivity index (χ3n) is 3.35. The first kappa shape index (κ1) is 14.9. The fraction of sp³-hybridized carbons (Fsp3) is 0.571. The zero-order valence-corrected chi connectivity index (χ0v) is 11.8. The molecule has 110 valence electrons. The second-order valence-corrected chi connectivity index (χ2v) is 4.75. The van der Waals surface area contributed by atoms with E-state index in [1.807, 2.05) is 18.2 Å². The molecule has 2 heterocycles. The number of hydrogen-bond donors (Lipinski definition) is 2. The van der Waals surface area contributed by atoms with Crippen molar-refractivity contribution in [2.45, 2.75) is 6.04 Å². The normalized spacial score (nSPS) is 17.6. The molecule has 2 N–H and O–H groups in total. The Balaban J connectivity index is 2.02. The van der Waals surface area contributed by atoms with Crippen LogP contribution in [-0.4, -0.2) is 62.2 Å². The molecule has 0 spiro atoms. The fourth-order valence-electron chi connectivity index (χ4n) is 2.32. The van der Waals surface area contributed by atoms with Crippen LogP contribution in [0.4, 0.5) is 0 Å². The summed E-state index contributed by atoms with van der Waals surface area (Å²) >= 11 is 0. The number of aromatic nitrogens is 1. The zero-order chi connectivity index (χ0) is 14.2. The van der Waals surface area contributed by atoms with Gasteiger partial charge in [-0.1, -0.05) is 6.07 Å². The molecule has 0 radical (unpaired) electrons. The van der Waals surface area contributed by atoms with Crippen molar-refractivity contribution < 1.29 is 9.53 Å². The number of nitrogens with zero attached hydrogens (tertiary/aromatic N) is 2. The molecule has 0 saturated carbocycles. The molecule has 1 fully saturated rings. The van der Waals surface area contributed by atoms with E-state index in [1.165, 1.54) is 0 Å². The molecular formula is C14H22N4O2. The van der Waals surface area contributed by atoms with Crippen LogP contribution in [0.25, 0.3) is 0 Å². The first-order chi connectivity index (χ1) is 9.81. The molecule has 1 aromatic rings. The molecule has 0 aromatic carbocycles. The number of ether oxygens (including phenoxy) is 1. The maximum absolute atomic E-state index is 11.6. The molecule has 0 bridgehead atoms. The number of amides is 1. The lowest BCUT2D eigenvalue weighted by Gasteiger charge is -2.34. The number of nitrogens with one attached hydrogen (secondary N) is 2. The van der Waals surface area contributed by atoms with Crippen LogP contribution >= 0.6 is 0 Å². The van der Waals surface area contributed by atoms with E-state index < -0.39 is 0 Å². The van der Waals surface area contributed by atoms with Crippen LogP contribution in [0.2, 0.25) is 0 Å². The Morgan fingerprint density at radius 1 is 1.45 bits per heavy atom. The van der Waals surface area contributed by atoms with Crippen LogP contribution in [0.1, 0.15) is 11.7 Å². The molecule has 1 saturated heterocycles. The van der Waals surface area contributed by atoms with Crippen molar-refractivity contribution in [1.82, 2.24) is 20.5 Å². The SMILES string of the molecule is CNCC(=O)NC[C@H](c1ccccn1)N1CCOCC1. The van der Waals surface area contributed by atoms with Crippen molar-refractivity contribution in [2.75, 3.05) is 46.4 Å². The van der Waals surface area contributed by atoms with Gasteiger partial charge in [-0.2, -0.15) is 0 Å². The van der Waals surface area contributed by atoms with Gasteiger partial charge >= 0.3 is 0 Å². The molecule has 0 unspecified atom stereocenters. The molecule has 2 rings (SSSR count). The standard InChI is InChI=1S/C14H22N4O2/c1-15-11-14(19)17-10-13(12-4-2-3-5-16-12)18-6-8-20-9-7-18/h2-5,13,15H,6-11H2,1H3,(H,17,19)/t13-/m1/s1. The van der Waals surface area contributed by atoms with Crippen LogP contribution in [0.3, 0.4) is 0 Å². The van der Waals surface area contributed by atoms with E-state index >= 15 is 0 Å². The first-order valence-electron chi connectivity index (χ1n) is 6.95. The van der Waals surface area contributed by atoms with Crippen LogP contribution < -0.4 is 10.6 Å². The third-order valence-corrected chi connectivity index (χ3v) is 3.35. The summed E-state index contributed by atoms with van der Waals surface area (Å²) in [6.45, 7) is 4.09. The maximum atomic E-state index is 11.6. The van der Waals surface area contributed by atoms with Crippen molar-refractivity contribution >= 4 is 5.91 Å². The van der Waals surface area contributed by atoms with Gasteiger partial charge in [0, 0.05) is 25.8 Å². The van der Waals surface area contributed by atoms with E-state index in [-0.39, 0.29) is 11.9 Å². The van der Waals surface area contributed by atoms with Crippen molar-refractivity contribution in [2.24, 2.45) is 0 Å². The van der Waals surface area contributed by atoms with Gasteiger partial charge in [0.05, 0.1) is 31.5 Å². The van der Waals surface area contributed by atoms with Gasteiger partial charge in [-0.05, 0) is 19.2 Å². The lowest BCUT2D eigenvalue weighted by Crippen LogP contribution is -2.45. The number of pyridine rings is 1. The van der Waals surface area contributed by atoms with E-state index in [2.05, 4.69) is 20.5 Å². The predicted molar refractivity (Wildman–Crippen MR) is 76.3 cm³/mol. The largest absolute Gasteiger partial charge is 0.379 e. The second-order valence-electron chi connectivity index (χ2n) is 4.75.